The van der Waals surface area contributed by atoms with Gasteiger partial charge in [0.25, 0.3) is 0 Å². The summed E-state index contributed by atoms with van der Waals surface area (Å²) < 4.78 is 0. The van der Waals surface area contributed by atoms with Crippen LogP contribution in [0.1, 0.15) is 32.1 Å². The lowest BCUT2D eigenvalue weighted by atomic mass is 10.0. The fourth-order valence-corrected chi connectivity index (χ4v) is 2.97. The number of rotatable bonds is 3. The second-order valence-electron chi connectivity index (χ2n) is 5.77. The van der Waals surface area contributed by atoms with Crippen LogP contribution in [0.25, 0.3) is 0 Å². The van der Waals surface area contributed by atoms with Crippen LogP contribution in [-0.4, -0.2) is 77.0 Å². The van der Waals surface area contributed by atoms with Gasteiger partial charge < -0.3 is 19.8 Å². The Morgan fingerprint density at radius 3 is 2.33 bits per heavy atom. The number of likely N-dealkylation sites (tertiary alicyclic amines) is 2. The Labute approximate surface area is 124 Å². The van der Waals surface area contributed by atoms with Gasteiger partial charge in [-0.15, -0.1) is 0 Å². The molecule has 7 heteroatoms. The van der Waals surface area contributed by atoms with Gasteiger partial charge in [-0.3, -0.25) is 4.79 Å². The van der Waals surface area contributed by atoms with Crippen LogP contribution in [0, 0.1) is 0 Å². The van der Waals surface area contributed by atoms with Crippen LogP contribution in [0.5, 0.6) is 0 Å². The van der Waals surface area contributed by atoms with Crippen LogP contribution in [-0.2, 0) is 9.59 Å². The summed E-state index contributed by atoms with van der Waals surface area (Å²) >= 11 is 0. The quantitative estimate of drug-likeness (QED) is 0.827. The molecule has 2 aliphatic heterocycles. The predicted octanol–water partition coefficient (Wildman–Crippen LogP) is 0.600. The highest BCUT2D eigenvalue weighted by Crippen LogP contribution is 2.19. The molecule has 118 valence electrons. The summed E-state index contributed by atoms with van der Waals surface area (Å²) in [5, 5.41) is 9.21. The molecule has 2 saturated heterocycles. The van der Waals surface area contributed by atoms with Gasteiger partial charge in [0.05, 0.1) is 0 Å². The number of piperidine rings is 1. The molecular weight excluding hydrogens is 274 g/mol. The minimum Gasteiger partial charge on any atom is -0.480 e. The van der Waals surface area contributed by atoms with Gasteiger partial charge in [0.1, 0.15) is 12.6 Å². The van der Waals surface area contributed by atoms with Gasteiger partial charge in [0.2, 0.25) is 5.91 Å². The predicted molar refractivity (Wildman–Crippen MR) is 75.8 cm³/mol. The molecule has 0 aromatic rings. The number of likely N-dealkylation sites (N-methyl/N-ethyl adjacent to an activating group) is 1. The Bertz CT molecular complexity index is 420. The summed E-state index contributed by atoms with van der Waals surface area (Å²) in [5.74, 6) is -1.03. The summed E-state index contributed by atoms with van der Waals surface area (Å²) in [6, 6.07) is -1.13. The average molecular weight is 297 g/mol. The molecule has 0 radical (unpaired) electrons. The third-order valence-electron chi connectivity index (χ3n) is 4.19. The Morgan fingerprint density at radius 2 is 1.71 bits per heavy atom. The second-order valence-corrected chi connectivity index (χ2v) is 5.77. The van der Waals surface area contributed by atoms with Gasteiger partial charge in [0.15, 0.2) is 0 Å². The van der Waals surface area contributed by atoms with Crippen LogP contribution in [0.2, 0.25) is 0 Å². The summed E-state index contributed by atoms with van der Waals surface area (Å²) in [7, 11) is 1.56. The van der Waals surface area contributed by atoms with Crippen molar-refractivity contribution >= 4 is 17.9 Å². The highest BCUT2D eigenvalue weighted by molar-refractivity contribution is 5.86. The lowest BCUT2D eigenvalue weighted by Crippen LogP contribution is -2.53. The summed E-state index contributed by atoms with van der Waals surface area (Å²) in [5.41, 5.74) is 0. The van der Waals surface area contributed by atoms with Crippen molar-refractivity contribution in [2.45, 2.75) is 38.1 Å². The largest absolute Gasteiger partial charge is 0.480 e. The molecule has 0 aromatic carbocycles. The maximum Gasteiger partial charge on any atom is 0.326 e. The molecular formula is C14H23N3O4. The van der Waals surface area contributed by atoms with E-state index in [-0.39, 0.29) is 18.5 Å². The number of carboxylic acid groups (broad SMARTS) is 1. The molecule has 21 heavy (non-hydrogen) atoms. The molecule has 1 atom stereocenters. The first-order chi connectivity index (χ1) is 10.0. The number of hydrogen-bond donors (Lipinski definition) is 1. The minimum atomic E-state index is -0.970. The zero-order valence-electron chi connectivity index (χ0n) is 12.5. The third kappa shape index (κ3) is 3.65. The number of nitrogens with zero attached hydrogens (tertiary/aromatic N) is 3. The van der Waals surface area contributed by atoms with E-state index in [0.29, 0.717) is 13.0 Å². The molecule has 1 N–H and O–H groups in total. The molecule has 2 heterocycles. The molecule has 2 aliphatic rings. The van der Waals surface area contributed by atoms with Crippen LogP contribution in [0.4, 0.5) is 4.79 Å². The van der Waals surface area contributed by atoms with Gasteiger partial charge in [-0.2, -0.15) is 0 Å². The molecule has 3 amide bonds. The van der Waals surface area contributed by atoms with E-state index in [1.54, 1.807) is 11.9 Å². The molecule has 0 aromatic heterocycles. The fraction of sp³-hybridized carbons (Fsp3) is 0.786. The van der Waals surface area contributed by atoms with Crippen molar-refractivity contribution in [1.29, 1.82) is 0 Å². The van der Waals surface area contributed by atoms with Gasteiger partial charge in [-0.05, 0) is 32.1 Å². The van der Waals surface area contributed by atoms with Crippen molar-refractivity contribution in [2.75, 3.05) is 33.2 Å². The number of carbonyl (C=O) groups is 3. The zero-order chi connectivity index (χ0) is 15.4. The van der Waals surface area contributed by atoms with E-state index in [9.17, 15) is 19.5 Å². The van der Waals surface area contributed by atoms with Crippen molar-refractivity contribution in [3.8, 4) is 0 Å². The Hall–Kier alpha value is -1.79. The van der Waals surface area contributed by atoms with Gasteiger partial charge in [-0.1, -0.05) is 0 Å². The first-order valence-electron chi connectivity index (χ1n) is 7.53. The highest BCUT2D eigenvalue weighted by Gasteiger charge is 2.34. The van der Waals surface area contributed by atoms with Crippen molar-refractivity contribution in [3.05, 3.63) is 0 Å². The van der Waals surface area contributed by atoms with Crippen LogP contribution >= 0.6 is 0 Å². The second kappa shape index (κ2) is 6.78. The fourth-order valence-electron chi connectivity index (χ4n) is 2.97. The van der Waals surface area contributed by atoms with E-state index in [1.165, 1.54) is 9.80 Å². The molecule has 0 spiro atoms. The van der Waals surface area contributed by atoms with Crippen LogP contribution in [0.15, 0.2) is 0 Å². The summed E-state index contributed by atoms with van der Waals surface area (Å²) in [6.45, 7) is 1.96. The van der Waals surface area contributed by atoms with Gasteiger partial charge in [0, 0.05) is 26.7 Å². The maximum atomic E-state index is 12.4. The Kier molecular flexibility index (Phi) is 5.03. The lowest BCUT2D eigenvalue weighted by molar-refractivity contribution is -0.143. The number of carbonyl (C=O) groups excluding carboxylic acids is 2. The van der Waals surface area contributed by atoms with E-state index in [0.717, 1.165) is 38.8 Å². The lowest BCUT2D eigenvalue weighted by Gasteiger charge is -2.35. The molecule has 0 bridgehead atoms. The topological polar surface area (TPSA) is 81.2 Å². The third-order valence-corrected chi connectivity index (χ3v) is 4.19. The standard InChI is InChI=1S/C14H23N3O4/c1-15(10-12(18)16-7-4-5-8-16)14(21)17-9-3-2-6-11(17)13(19)20/h11H,2-10H2,1H3,(H,19,20). The highest BCUT2D eigenvalue weighted by atomic mass is 16.4. The SMILES string of the molecule is CN(CC(=O)N1CCCC1)C(=O)N1CCCCC1C(=O)O. The number of amides is 3. The molecule has 0 aliphatic carbocycles. The number of hydrogen-bond acceptors (Lipinski definition) is 3. The van der Waals surface area contributed by atoms with Crippen molar-refractivity contribution < 1.29 is 19.5 Å². The van der Waals surface area contributed by atoms with Crippen molar-refractivity contribution in [2.24, 2.45) is 0 Å². The normalized spacial score (nSPS) is 22.2. The van der Waals surface area contributed by atoms with E-state index in [2.05, 4.69) is 0 Å². The van der Waals surface area contributed by atoms with Gasteiger partial charge >= 0.3 is 12.0 Å². The summed E-state index contributed by atoms with van der Waals surface area (Å²) in [6.07, 6.45) is 4.13. The first-order valence-corrected chi connectivity index (χ1v) is 7.53. The Morgan fingerprint density at radius 1 is 1.10 bits per heavy atom. The molecule has 2 rings (SSSR count). The number of aliphatic carboxylic acids is 1. The first kappa shape index (κ1) is 15.6. The minimum absolute atomic E-state index is 0.0155. The van der Waals surface area contributed by atoms with E-state index >= 15 is 0 Å². The van der Waals surface area contributed by atoms with E-state index in [4.69, 9.17) is 0 Å². The van der Waals surface area contributed by atoms with Crippen molar-refractivity contribution in [1.82, 2.24) is 14.7 Å². The van der Waals surface area contributed by atoms with E-state index < -0.39 is 12.0 Å². The average Bonchev–Trinajstić information content (AvgIpc) is 3.00. The van der Waals surface area contributed by atoms with E-state index in [1.807, 2.05) is 0 Å². The van der Waals surface area contributed by atoms with Gasteiger partial charge in [-0.25, -0.2) is 9.59 Å². The molecule has 2 fully saturated rings. The number of carboxylic acids is 1. The monoisotopic (exact) mass is 297 g/mol. The van der Waals surface area contributed by atoms with Crippen molar-refractivity contribution in [3.63, 3.8) is 0 Å². The van der Waals surface area contributed by atoms with Crippen LogP contribution < -0.4 is 0 Å². The molecule has 1 unspecified atom stereocenters. The molecule has 7 nitrogen and oxygen atoms in total. The number of urea groups is 1. The molecule has 0 saturated carbocycles. The van der Waals surface area contributed by atoms with Crippen LogP contribution in [0.3, 0.4) is 0 Å². The Balaban J connectivity index is 1.93. The zero-order valence-corrected chi connectivity index (χ0v) is 12.5. The summed E-state index contributed by atoms with van der Waals surface area (Å²) in [4.78, 5) is 40.1. The smallest absolute Gasteiger partial charge is 0.326 e. The maximum absolute atomic E-state index is 12.4.